The van der Waals surface area contributed by atoms with Crippen molar-refractivity contribution in [2.75, 3.05) is 12.5 Å². The van der Waals surface area contributed by atoms with E-state index >= 15 is 0 Å². The smallest absolute Gasteiger partial charge is 0.335 e. The maximum Gasteiger partial charge on any atom is 0.335 e. The Kier molecular flexibility index (Phi) is 5.10. The van der Waals surface area contributed by atoms with E-state index in [-0.39, 0.29) is 22.8 Å². The molecule has 9 heteroatoms. The van der Waals surface area contributed by atoms with Gasteiger partial charge in [-0.25, -0.2) is 4.79 Å². The van der Waals surface area contributed by atoms with Crippen molar-refractivity contribution in [3.63, 3.8) is 0 Å². The van der Waals surface area contributed by atoms with Crippen LogP contribution in [0.3, 0.4) is 0 Å². The molecule has 27 heavy (non-hydrogen) atoms. The highest BCUT2D eigenvalue weighted by Gasteiger charge is 2.32. The number of hydrogen-bond acceptors (Lipinski definition) is 7. The summed E-state index contributed by atoms with van der Waals surface area (Å²) >= 11 is 1.27. The van der Waals surface area contributed by atoms with Crippen molar-refractivity contribution in [2.24, 2.45) is 0 Å². The zero-order valence-corrected chi connectivity index (χ0v) is 15.4. The molecule has 8 nitrogen and oxygen atoms in total. The number of aromatic carboxylic acids is 1. The van der Waals surface area contributed by atoms with Gasteiger partial charge in [-0.05, 0) is 25.1 Å². The third-order valence-corrected chi connectivity index (χ3v) is 4.71. The lowest BCUT2D eigenvalue weighted by atomic mass is 10.2. The summed E-state index contributed by atoms with van der Waals surface area (Å²) in [7, 11) is 1.36. The molecule has 0 saturated carbocycles. The molecule has 3 rings (SSSR count). The van der Waals surface area contributed by atoms with Crippen molar-refractivity contribution in [1.82, 2.24) is 9.90 Å². The van der Waals surface area contributed by atoms with Crippen LogP contribution in [0, 0.1) is 6.92 Å². The summed E-state index contributed by atoms with van der Waals surface area (Å²) in [5.74, 6) is -1.01. The molecule has 0 bridgehead atoms. The molecule has 0 fully saturated rings. The second kappa shape index (κ2) is 7.33. The molecule has 0 saturated heterocycles. The minimum atomic E-state index is -1.72. The Morgan fingerprint density at radius 1 is 1.19 bits per heavy atom. The van der Waals surface area contributed by atoms with Gasteiger partial charge < -0.3 is 9.84 Å². The van der Waals surface area contributed by atoms with Gasteiger partial charge in [-0.2, -0.15) is 10.4 Å². The van der Waals surface area contributed by atoms with E-state index in [1.807, 2.05) is 31.2 Å². The third-order valence-electron chi connectivity index (χ3n) is 3.83. The maximum atomic E-state index is 11.1. The van der Waals surface area contributed by atoms with Crippen LogP contribution < -0.4 is 15.1 Å². The van der Waals surface area contributed by atoms with Crippen molar-refractivity contribution in [1.29, 1.82) is 0 Å². The highest BCUT2D eigenvalue weighted by Crippen LogP contribution is 2.32. The summed E-state index contributed by atoms with van der Waals surface area (Å²) in [6, 6.07) is 11.7. The zero-order valence-electron chi connectivity index (χ0n) is 14.6. The van der Waals surface area contributed by atoms with Gasteiger partial charge in [-0.3, -0.25) is 0 Å². The quantitative estimate of drug-likeness (QED) is 0.374. The fourth-order valence-electron chi connectivity index (χ4n) is 2.38. The van der Waals surface area contributed by atoms with E-state index in [4.69, 9.17) is 9.84 Å². The first-order valence-electron chi connectivity index (χ1n) is 7.87. The number of carboxylic acid groups (broad SMARTS) is 1. The fraction of sp³-hybridized carbons (Fsp3) is 0.111. The molecule has 2 aromatic carbocycles. The van der Waals surface area contributed by atoms with Gasteiger partial charge in [-0.1, -0.05) is 29.8 Å². The van der Waals surface area contributed by atoms with E-state index in [0.717, 1.165) is 11.1 Å². The lowest BCUT2D eigenvalue weighted by Gasteiger charge is -2.20. The fourth-order valence-corrected chi connectivity index (χ4v) is 3.21. The largest absolute Gasteiger partial charge is 0.494 e. The number of thiazole rings is 1. The first-order chi connectivity index (χ1) is 12.8. The van der Waals surface area contributed by atoms with Crippen molar-refractivity contribution >= 4 is 28.8 Å². The number of nitrogens with one attached hydrogen (secondary N) is 1. The van der Waals surface area contributed by atoms with Gasteiger partial charge >= 0.3 is 11.8 Å². The summed E-state index contributed by atoms with van der Waals surface area (Å²) in [6.07, 6.45) is 0. The zero-order chi connectivity index (χ0) is 19.6. The number of aryl methyl sites for hydroxylation is 1. The summed E-state index contributed by atoms with van der Waals surface area (Å²) in [4.78, 5) is 13.6. The van der Waals surface area contributed by atoms with Gasteiger partial charge in [0.2, 0.25) is 0 Å². The van der Waals surface area contributed by atoms with Crippen LogP contribution in [-0.2, 0) is 0 Å². The predicted molar refractivity (Wildman–Crippen MR) is 101 cm³/mol. The number of nitrogens with zero attached hydrogens (tertiary/aromatic N) is 2. The van der Waals surface area contributed by atoms with E-state index in [9.17, 15) is 15.2 Å². The van der Waals surface area contributed by atoms with Gasteiger partial charge in [0.25, 0.3) is 0 Å². The first-order valence-corrected chi connectivity index (χ1v) is 8.75. The lowest BCUT2D eigenvalue weighted by molar-refractivity contribution is -0.274. The highest BCUT2D eigenvalue weighted by atomic mass is 32.1. The Labute approximate surface area is 159 Å². The van der Waals surface area contributed by atoms with Crippen LogP contribution in [0.2, 0.25) is 0 Å². The average Bonchev–Trinajstić information content (AvgIpc) is 3.13. The van der Waals surface area contributed by atoms with E-state index in [1.54, 1.807) is 0 Å². The molecule has 0 atom stereocenters. The molecule has 0 aliphatic carbocycles. The van der Waals surface area contributed by atoms with Crippen LogP contribution in [0.4, 0.5) is 11.5 Å². The topological polar surface area (TPSA) is 112 Å². The third kappa shape index (κ3) is 4.07. The molecule has 0 spiro atoms. The van der Waals surface area contributed by atoms with Gasteiger partial charge in [0.05, 0.1) is 18.1 Å². The van der Waals surface area contributed by atoms with Crippen LogP contribution in [0.5, 0.6) is 5.75 Å². The molecule has 0 unspecified atom stereocenters. The molecular weight excluding hydrogens is 370 g/mol. The van der Waals surface area contributed by atoms with Crippen LogP contribution >= 0.6 is 11.3 Å². The standard InChI is InChI=1S/C18H17N3O5S/c1-11-3-5-12(6-4-11)17-19-16(10-27-17)21(24,25)20-14-8-7-13(18(22)23)9-15(14)26-2/h3-10,20,24-25H,1-2H3/p+1. The summed E-state index contributed by atoms with van der Waals surface area (Å²) in [5, 5.41) is 32.0. The molecule has 0 aliphatic heterocycles. The number of benzene rings is 2. The van der Waals surface area contributed by atoms with E-state index in [0.29, 0.717) is 5.01 Å². The molecule has 0 aliphatic rings. The van der Waals surface area contributed by atoms with Crippen LogP contribution in [0.15, 0.2) is 47.8 Å². The normalized spacial score (nSPS) is 11.3. The molecule has 3 aromatic rings. The molecule has 0 radical (unpaired) electrons. The highest BCUT2D eigenvalue weighted by molar-refractivity contribution is 7.13. The maximum absolute atomic E-state index is 11.1. The Morgan fingerprint density at radius 3 is 2.52 bits per heavy atom. The lowest BCUT2D eigenvalue weighted by Crippen LogP contribution is -2.48. The van der Waals surface area contributed by atoms with Gasteiger partial charge in [0.1, 0.15) is 21.4 Å². The van der Waals surface area contributed by atoms with E-state index in [1.165, 1.54) is 42.0 Å². The SMILES string of the molecule is COc1cc(C(=O)O)ccc1N[N+](O)(O)c1csc(-c2ccc(C)cc2)n1. The Hall–Kier alpha value is -2.98. The minimum absolute atomic E-state index is 0.0155. The molecular formula is C18H18N3O5S+. The number of aromatic nitrogens is 1. The Morgan fingerprint density at radius 2 is 1.89 bits per heavy atom. The number of carboxylic acids is 1. The minimum Gasteiger partial charge on any atom is -0.494 e. The second-order valence-electron chi connectivity index (χ2n) is 5.81. The monoisotopic (exact) mass is 388 g/mol. The molecule has 1 aromatic heterocycles. The van der Waals surface area contributed by atoms with Crippen molar-refractivity contribution < 1.29 is 25.1 Å². The van der Waals surface area contributed by atoms with Crippen LogP contribution in [-0.4, -0.2) is 33.6 Å². The van der Waals surface area contributed by atoms with Gasteiger partial charge in [0.15, 0.2) is 0 Å². The molecule has 140 valence electrons. The van der Waals surface area contributed by atoms with Crippen molar-refractivity contribution in [3.8, 4) is 16.3 Å². The average molecular weight is 388 g/mol. The summed E-state index contributed by atoms with van der Waals surface area (Å²) in [6.45, 7) is 1.98. The van der Waals surface area contributed by atoms with Crippen LogP contribution in [0.1, 0.15) is 15.9 Å². The predicted octanol–water partition coefficient (Wildman–Crippen LogP) is 3.94. The van der Waals surface area contributed by atoms with Crippen LogP contribution in [0.25, 0.3) is 10.6 Å². The Bertz CT molecular complexity index is 969. The second-order valence-corrected chi connectivity index (χ2v) is 6.67. The van der Waals surface area contributed by atoms with Crippen molar-refractivity contribution in [2.45, 2.75) is 6.92 Å². The van der Waals surface area contributed by atoms with Gasteiger partial charge in [0, 0.05) is 5.56 Å². The number of carbonyl (C=O) groups is 1. The number of rotatable bonds is 6. The number of hydrogen-bond donors (Lipinski definition) is 4. The van der Waals surface area contributed by atoms with Crippen molar-refractivity contribution in [3.05, 3.63) is 59.0 Å². The summed E-state index contributed by atoms with van der Waals surface area (Å²) < 4.78 is 5.13. The summed E-state index contributed by atoms with van der Waals surface area (Å²) in [5.41, 5.74) is 4.65. The molecule has 1 heterocycles. The molecule has 0 amide bonds. The Balaban J connectivity index is 1.87. The number of anilines is 1. The molecule has 4 N–H and O–H groups in total. The van der Waals surface area contributed by atoms with Gasteiger partial charge in [-0.15, -0.1) is 21.8 Å². The van der Waals surface area contributed by atoms with E-state index < -0.39 is 10.9 Å². The van der Waals surface area contributed by atoms with E-state index in [2.05, 4.69) is 10.4 Å². The number of quaternary nitrogens is 1. The first kappa shape index (κ1) is 18.8. The number of ether oxygens (including phenoxy) is 1. The number of methoxy groups -OCH3 is 1.